The zero-order valence-electron chi connectivity index (χ0n) is 16.5. The van der Waals surface area contributed by atoms with Crippen molar-refractivity contribution in [3.63, 3.8) is 0 Å². The average molecular weight is 415 g/mol. The van der Waals surface area contributed by atoms with E-state index in [9.17, 15) is 14.7 Å². The Balaban J connectivity index is 2.10. The van der Waals surface area contributed by atoms with Gasteiger partial charge in [0.25, 0.3) is 5.91 Å². The molecule has 3 rings (SSSR count). The van der Waals surface area contributed by atoms with Crippen LogP contribution in [0.2, 0.25) is 5.02 Å². The molecule has 0 aliphatic heterocycles. The van der Waals surface area contributed by atoms with Crippen molar-refractivity contribution in [1.82, 2.24) is 14.7 Å². The zero-order chi connectivity index (χ0) is 21.3. The lowest BCUT2D eigenvalue weighted by Crippen LogP contribution is -2.37. The van der Waals surface area contributed by atoms with Gasteiger partial charge in [-0.25, -0.2) is 4.68 Å². The maximum atomic E-state index is 11.9. The zero-order valence-corrected chi connectivity index (χ0v) is 17.2. The van der Waals surface area contributed by atoms with E-state index in [0.717, 1.165) is 6.41 Å². The summed E-state index contributed by atoms with van der Waals surface area (Å²) in [5.41, 5.74) is 6.33. The van der Waals surface area contributed by atoms with E-state index < -0.39 is 11.5 Å². The summed E-state index contributed by atoms with van der Waals surface area (Å²) in [6, 6.07) is 12.5. The van der Waals surface area contributed by atoms with Gasteiger partial charge in [-0.2, -0.15) is 5.10 Å². The van der Waals surface area contributed by atoms with Crippen LogP contribution >= 0.6 is 11.6 Å². The Morgan fingerprint density at radius 1 is 1.38 bits per heavy atom. The first-order valence-electron chi connectivity index (χ1n) is 9.12. The van der Waals surface area contributed by atoms with Gasteiger partial charge in [-0.3, -0.25) is 9.59 Å². The van der Waals surface area contributed by atoms with Crippen LogP contribution in [0.3, 0.4) is 0 Å². The van der Waals surface area contributed by atoms with Gasteiger partial charge in [0.05, 0.1) is 27.2 Å². The number of carbonyl (C=O) groups is 2. The number of hydrogen-bond donors (Lipinski definition) is 2. The third-order valence-electron chi connectivity index (χ3n) is 5.27. The van der Waals surface area contributed by atoms with Crippen molar-refractivity contribution in [3.8, 4) is 5.69 Å². The SMILES string of the molecule is CC(CN(C)C=O)C(C)(O)c1cccc(-n2nc(C(N)=O)c3c(Cl)cccc32)c1. The number of nitrogens with two attached hydrogens (primary N) is 1. The summed E-state index contributed by atoms with van der Waals surface area (Å²) in [5.74, 6) is -0.895. The minimum atomic E-state index is -1.19. The molecule has 0 saturated heterocycles. The summed E-state index contributed by atoms with van der Waals surface area (Å²) < 4.78 is 1.59. The third-order valence-corrected chi connectivity index (χ3v) is 5.58. The van der Waals surface area contributed by atoms with Gasteiger partial charge in [-0.05, 0) is 36.8 Å². The van der Waals surface area contributed by atoms with E-state index in [4.69, 9.17) is 17.3 Å². The van der Waals surface area contributed by atoms with Crippen LogP contribution in [-0.4, -0.2) is 45.7 Å². The fraction of sp³-hybridized carbons (Fsp3) is 0.286. The summed E-state index contributed by atoms with van der Waals surface area (Å²) in [6.07, 6.45) is 0.730. The van der Waals surface area contributed by atoms with Crippen molar-refractivity contribution in [3.05, 3.63) is 58.7 Å². The maximum absolute atomic E-state index is 11.9. The Hall–Kier alpha value is -2.90. The van der Waals surface area contributed by atoms with E-state index in [1.807, 2.05) is 19.1 Å². The summed E-state index contributed by atoms with van der Waals surface area (Å²) in [4.78, 5) is 24.3. The Kier molecular flexibility index (Phi) is 5.64. The van der Waals surface area contributed by atoms with Gasteiger partial charge in [0.15, 0.2) is 5.69 Å². The van der Waals surface area contributed by atoms with Gasteiger partial charge in [0.2, 0.25) is 6.41 Å². The van der Waals surface area contributed by atoms with Crippen molar-refractivity contribution in [2.45, 2.75) is 19.4 Å². The molecule has 1 heterocycles. The van der Waals surface area contributed by atoms with Crippen LogP contribution in [0.25, 0.3) is 16.6 Å². The topological polar surface area (TPSA) is 101 Å². The maximum Gasteiger partial charge on any atom is 0.269 e. The summed E-state index contributed by atoms with van der Waals surface area (Å²) in [5, 5.41) is 16.4. The van der Waals surface area contributed by atoms with Crippen LogP contribution in [0.15, 0.2) is 42.5 Å². The van der Waals surface area contributed by atoms with Gasteiger partial charge in [0.1, 0.15) is 0 Å². The molecule has 0 radical (unpaired) electrons. The molecule has 3 N–H and O–H groups in total. The Labute approximate surface area is 173 Å². The van der Waals surface area contributed by atoms with E-state index in [2.05, 4.69) is 5.10 Å². The number of nitrogens with zero attached hydrogens (tertiary/aromatic N) is 3. The Morgan fingerprint density at radius 3 is 2.72 bits per heavy atom. The Bertz CT molecular complexity index is 1080. The first-order chi connectivity index (χ1) is 13.7. The van der Waals surface area contributed by atoms with E-state index in [0.29, 0.717) is 33.7 Å². The number of aliphatic hydroxyl groups is 1. The second-order valence-corrected chi connectivity index (χ2v) is 7.81. The molecule has 2 amide bonds. The monoisotopic (exact) mass is 414 g/mol. The number of aromatic nitrogens is 2. The molecule has 7 nitrogen and oxygen atoms in total. The molecule has 0 aliphatic carbocycles. The minimum absolute atomic E-state index is 0.0868. The molecular weight excluding hydrogens is 392 g/mol. The lowest BCUT2D eigenvalue weighted by atomic mass is 9.83. The highest BCUT2D eigenvalue weighted by Gasteiger charge is 2.31. The number of amides is 2. The quantitative estimate of drug-likeness (QED) is 0.580. The normalized spacial score (nSPS) is 14.4. The van der Waals surface area contributed by atoms with Crippen LogP contribution in [-0.2, 0) is 10.4 Å². The molecule has 0 bridgehead atoms. The van der Waals surface area contributed by atoms with Crippen LogP contribution < -0.4 is 5.73 Å². The molecular formula is C21H23ClN4O3. The van der Waals surface area contributed by atoms with Gasteiger partial charge >= 0.3 is 0 Å². The molecule has 1 aromatic heterocycles. The summed E-state index contributed by atoms with van der Waals surface area (Å²) in [6.45, 7) is 3.98. The van der Waals surface area contributed by atoms with Crippen LogP contribution in [0.4, 0.5) is 0 Å². The van der Waals surface area contributed by atoms with Crippen molar-refractivity contribution < 1.29 is 14.7 Å². The minimum Gasteiger partial charge on any atom is -0.385 e. The predicted octanol–water partition coefficient (Wildman–Crippen LogP) is 2.71. The summed E-state index contributed by atoms with van der Waals surface area (Å²) in [7, 11) is 1.67. The van der Waals surface area contributed by atoms with Crippen LogP contribution in [0.5, 0.6) is 0 Å². The fourth-order valence-corrected chi connectivity index (χ4v) is 3.65. The number of rotatable bonds is 7. The number of fused-ring (bicyclic) bond motifs is 1. The summed E-state index contributed by atoms with van der Waals surface area (Å²) >= 11 is 6.28. The number of halogens is 1. The predicted molar refractivity (Wildman–Crippen MR) is 112 cm³/mol. The molecule has 0 aliphatic rings. The van der Waals surface area contributed by atoms with Gasteiger partial charge in [0, 0.05) is 19.5 Å². The van der Waals surface area contributed by atoms with E-state index in [-0.39, 0.29) is 11.6 Å². The third kappa shape index (κ3) is 3.83. The molecule has 0 fully saturated rings. The highest BCUT2D eigenvalue weighted by Crippen LogP contribution is 2.33. The number of benzene rings is 2. The molecule has 2 unspecified atom stereocenters. The fourth-order valence-electron chi connectivity index (χ4n) is 3.39. The first-order valence-corrected chi connectivity index (χ1v) is 9.50. The second kappa shape index (κ2) is 7.85. The molecule has 152 valence electrons. The standard InChI is InChI=1S/C21H23ClN4O3/c1-13(11-25(3)12-27)21(2,29)14-6-4-7-15(10-14)26-17-9-5-8-16(22)18(17)19(24-26)20(23)28/h4-10,12-13,29H,11H2,1-3H3,(H2,23,28). The average Bonchev–Trinajstić information content (AvgIpc) is 3.09. The van der Waals surface area contributed by atoms with Crippen molar-refractivity contribution in [2.75, 3.05) is 13.6 Å². The van der Waals surface area contributed by atoms with E-state index >= 15 is 0 Å². The number of carbonyl (C=O) groups excluding carboxylic acids is 2. The number of hydrogen-bond acceptors (Lipinski definition) is 4. The molecule has 3 aromatic rings. The van der Waals surface area contributed by atoms with Gasteiger partial charge < -0.3 is 15.7 Å². The smallest absolute Gasteiger partial charge is 0.269 e. The molecule has 0 saturated carbocycles. The molecule has 8 heteroatoms. The molecule has 2 aromatic carbocycles. The van der Waals surface area contributed by atoms with E-state index in [1.54, 1.807) is 49.0 Å². The van der Waals surface area contributed by atoms with Crippen molar-refractivity contribution in [2.24, 2.45) is 11.7 Å². The van der Waals surface area contributed by atoms with Gasteiger partial charge in [-0.1, -0.05) is 36.7 Å². The van der Waals surface area contributed by atoms with Crippen LogP contribution in [0, 0.1) is 5.92 Å². The largest absolute Gasteiger partial charge is 0.385 e. The Morgan fingerprint density at radius 2 is 2.07 bits per heavy atom. The number of primary amides is 1. The highest BCUT2D eigenvalue weighted by atomic mass is 35.5. The van der Waals surface area contributed by atoms with Gasteiger partial charge in [-0.15, -0.1) is 0 Å². The van der Waals surface area contributed by atoms with Crippen molar-refractivity contribution >= 4 is 34.8 Å². The van der Waals surface area contributed by atoms with Crippen molar-refractivity contribution in [1.29, 1.82) is 0 Å². The molecule has 2 atom stereocenters. The lowest BCUT2D eigenvalue weighted by molar-refractivity contribution is -0.118. The molecule has 29 heavy (non-hydrogen) atoms. The second-order valence-electron chi connectivity index (χ2n) is 7.40. The van der Waals surface area contributed by atoms with Crippen LogP contribution in [0.1, 0.15) is 29.9 Å². The highest BCUT2D eigenvalue weighted by molar-refractivity contribution is 6.36. The van der Waals surface area contributed by atoms with E-state index in [1.165, 1.54) is 4.90 Å². The lowest BCUT2D eigenvalue weighted by Gasteiger charge is -2.33. The first kappa shape index (κ1) is 20.8. The molecule has 0 spiro atoms.